The monoisotopic (exact) mass is 468 g/mol. The Morgan fingerprint density at radius 3 is 2.62 bits per heavy atom. The van der Waals surface area contributed by atoms with Crippen LogP contribution < -0.4 is 16.0 Å². The molecule has 1 aromatic carbocycles. The Labute approximate surface area is 197 Å². The van der Waals surface area contributed by atoms with Crippen molar-refractivity contribution in [3.8, 4) is 11.1 Å². The van der Waals surface area contributed by atoms with E-state index < -0.39 is 5.92 Å². The van der Waals surface area contributed by atoms with E-state index in [1.54, 1.807) is 18.1 Å². The van der Waals surface area contributed by atoms with Crippen molar-refractivity contribution in [1.82, 2.24) is 10.3 Å². The van der Waals surface area contributed by atoms with Gasteiger partial charge in [0.05, 0.1) is 17.4 Å². The maximum absolute atomic E-state index is 15.3. The number of amides is 2. The molecule has 2 fully saturated rings. The number of carbonyl (C=O) groups is 2. The number of hydrogen-bond acceptors (Lipinski definition) is 4. The van der Waals surface area contributed by atoms with E-state index in [9.17, 15) is 9.59 Å². The summed E-state index contributed by atoms with van der Waals surface area (Å²) >= 11 is 0. The van der Waals surface area contributed by atoms with Crippen LogP contribution in [-0.2, 0) is 21.9 Å². The Balaban J connectivity index is 1.61. The van der Waals surface area contributed by atoms with Crippen LogP contribution in [0.25, 0.3) is 11.1 Å². The largest absolute Gasteiger partial charge is 0.383 e. The van der Waals surface area contributed by atoms with Crippen molar-refractivity contribution < 1.29 is 18.4 Å². The number of alkyl halides is 2. The molecule has 1 aromatic heterocycles. The lowest BCUT2D eigenvalue weighted by molar-refractivity contribution is -0.129. The molecule has 1 aliphatic carbocycles. The first-order valence-corrected chi connectivity index (χ1v) is 12.0. The molecule has 0 radical (unpaired) electrons. The first kappa shape index (κ1) is 22.7. The van der Waals surface area contributed by atoms with Crippen molar-refractivity contribution in [2.45, 2.75) is 63.7 Å². The van der Waals surface area contributed by atoms with E-state index in [0.29, 0.717) is 43.4 Å². The second-order valence-corrected chi connectivity index (χ2v) is 9.94. The van der Waals surface area contributed by atoms with Crippen LogP contribution in [0.1, 0.15) is 68.1 Å². The number of pyridine rings is 1. The molecule has 1 saturated carbocycles. The van der Waals surface area contributed by atoms with Crippen LogP contribution in [0, 0.1) is 5.41 Å². The van der Waals surface area contributed by atoms with Gasteiger partial charge in [-0.1, -0.05) is 13.0 Å². The lowest BCUT2D eigenvalue weighted by atomic mass is 9.66. The zero-order valence-electron chi connectivity index (χ0n) is 19.6. The van der Waals surface area contributed by atoms with Crippen molar-refractivity contribution in [3.63, 3.8) is 0 Å². The van der Waals surface area contributed by atoms with Crippen LogP contribution >= 0.6 is 0 Å². The Kier molecular flexibility index (Phi) is 5.37. The predicted octanol–water partition coefficient (Wildman–Crippen LogP) is 4.52. The molecule has 0 bridgehead atoms. The van der Waals surface area contributed by atoms with Crippen LogP contribution in [0.4, 0.5) is 20.3 Å². The first-order chi connectivity index (χ1) is 16.2. The van der Waals surface area contributed by atoms with Gasteiger partial charge in [0.15, 0.2) is 0 Å². The third kappa shape index (κ3) is 3.46. The van der Waals surface area contributed by atoms with Gasteiger partial charge in [0.1, 0.15) is 5.82 Å². The number of likely N-dealkylation sites (N-methyl/N-ethyl adjacent to an activating group) is 1. The summed E-state index contributed by atoms with van der Waals surface area (Å²) in [5.41, 5.74) is 9.20. The van der Waals surface area contributed by atoms with Crippen LogP contribution in [0.5, 0.6) is 0 Å². The van der Waals surface area contributed by atoms with Gasteiger partial charge in [0, 0.05) is 37.5 Å². The van der Waals surface area contributed by atoms with Crippen molar-refractivity contribution in [3.05, 3.63) is 41.1 Å². The molecule has 34 heavy (non-hydrogen) atoms. The van der Waals surface area contributed by atoms with Gasteiger partial charge in [0.25, 0.3) is 5.92 Å². The van der Waals surface area contributed by atoms with Crippen molar-refractivity contribution in [2.75, 3.05) is 24.2 Å². The van der Waals surface area contributed by atoms with Gasteiger partial charge >= 0.3 is 0 Å². The summed E-state index contributed by atoms with van der Waals surface area (Å²) in [5.74, 6) is -3.31. The fourth-order valence-corrected chi connectivity index (χ4v) is 6.05. The van der Waals surface area contributed by atoms with Crippen LogP contribution in [0.2, 0.25) is 0 Å². The molecule has 3 heterocycles. The van der Waals surface area contributed by atoms with Gasteiger partial charge in [-0.2, -0.15) is 0 Å². The molecule has 3 N–H and O–H groups in total. The number of rotatable bonds is 4. The van der Waals surface area contributed by atoms with E-state index in [1.807, 2.05) is 18.2 Å². The number of nitrogens with one attached hydrogen (secondary N) is 1. The molecule has 0 unspecified atom stereocenters. The smallest absolute Gasteiger partial charge is 0.276 e. The van der Waals surface area contributed by atoms with Gasteiger partial charge < -0.3 is 16.0 Å². The molecule has 5 rings (SSSR count). The highest BCUT2D eigenvalue weighted by Crippen LogP contribution is 2.52. The fourth-order valence-electron chi connectivity index (χ4n) is 6.05. The number of nitrogen functional groups attached to an aromatic ring is 1. The third-order valence-corrected chi connectivity index (χ3v) is 8.15. The fraction of sp³-hybridized carbons (Fsp3) is 0.500. The zero-order valence-corrected chi connectivity index (χ0v) is 19.6. The minimum atomic E-state index is -3.12. The van der Waals surface area contributed by atoms with E-state index in [0.717, 1.165) is 23.2 Å². The topological polar surface area (TPSA) is 88.3 Å². The van der Waals surface area contributed by atoms with Crippen molar-refractivity contribution in [2.24, 2.45) is 5.41 Å². The Morgan fingerprint density at radius 1 is 1.24 bits per heavy atom. The number of nitrogens with zero attached hydrogens (tertiary/aromatic N) is 2. The molecule has 6 nitrogen and oxygen atoms in total. The molecule has 2 aliphatic heterocycles. The SMILES string of the molecule is CCC(F)(F)c1c(N)ncc(-c2ccc3c(c2)CC(=O)N3C)c1C1CCC2(CCNC2=O)CC1. The molecule has 1 spiro atoms. The zero-order chi connectivity index (χ0) is 24.3. The maximum atomic E-state index is 15.3. The second-order valence-electron chi connectivity index (χ2n) is 9.94. The number of anilines is 2. The lowest BCUT2D eigenvalue weighted by Crippen LogP contribution is -2.35. The summed E-state index contributed by atoms with van der Waals surface area (Å²) in [6.07, 6.45) is 4.93. The summed E-state index contributed by atoms with van der Waals surface area (Å²) in [5, 5.41) is 2.94. The van der Waals surface area contributed by atoms with E-state index in [4.69, 9.17) is 5.73 Å². The standard InChI is InChI=1S/C26H30F2N4O2/c1-3-26(27,28)22-21(15-6-8-25(9-7-15)10-11-30-24(25)34)18(14-31-23(22)29)16-4-5-19-17(12-16)13-20(33)32(19)2/h4-5,12,14-15H,3,6-11,13H2,1-2H3,(H2,29,31)(H,30,34). The highest BCUT2D eigenvalue weighted by molar-refractivity contribution is 6.01. The van der Waals surface area contributed by atoms with Crippen LogP contribution in [-0.4, -0.2) is 30.4 Å². The summed E-state index contributed by atoms with van der Waals surface area (Å²) in [4.78, 5) is 30.5. The summed E-state index contributed by atoms with van der Waals surface area (Å²) < 4.78 is 30.6. The highest BCUT2D eigenvalue weighted by atomic mass is 19.3. The van der Waals surface area contributed by atoms with Crippen LogP contribution in [0.3, 0.4) is 0 Å². The molecule has 2 amide bonds. The molecule has 0 atom stereocenters. The van der Waals surface area contributed by atoms with Gasteiger partial charge in [0.2, 0.25) is 11.8 Å². The van der Waals surface area contributed by atoms with E-state index >= 15 is 8.78 Å². The average Bonchev–Trinajstić information content (AvgIpc) is 3.32. The predicted molar refractivity (Wildman–Crippen MR) is 127 cm³/mol. The number of nitrogens with two attached hydrogens (primary N) is 1. The number of hydrogen-bond donors (Lipinski definition) is 2. The molecule has 180 valence electrons. The highest BCUT2D eigenvalue weighted by Gasteiger charge is 2.47. The molecule has 3 aliphatic rings. The minimum Gasteiger partial charge on any atom is -0.383 e. The number of benzene rings is 1. The maximum Gasteiger partial charge on any atom is 0.276 e. The summed E-state index contributed by atoms with van der Waals surface area (Å²) in [7, 11) is 1.74. The summed E-state index contributed by atoms with van der Waals surface area (Å²) in [6.45, 7) is 2.13. The Bertz CT molecular complexity index is 1170. The summed E-state index contributed by atoms with van der Waals surface area (Å²) in [6, 6.07) is 5.65. The average molecular weight is 469 g/mol. The Hall–Kier alpha value is -3.03. The second kappa shape index (κ2) is 8.03. The van der Waals surface area contributed by atoms with Crippen molar-refractivity contribution >= 4 is 23.3 Å². The molecule has 8 heteroatoms. The van der Waals surface area contributed by atoms with E-state index in [1.165, 1.54) is 6.92 Å². The number of fused-ring (bicyclic) bond motifs is 1. The van der Waals surface area contributed by atoms with Gasteiger partial charge in [-0.05, 0) is 66.8 Å². The first-order valence-electron chi connectivity index (χ1n) is 12.0. The number of aromatic nitrogens is 1. The van der Waals surface area contributed by atoms with Crippen molar-refractivity contribution in [1.29, 1.82) is 0 Å². The third-order valence-electron chi connectivity index (χ3n) is 8.15. The quantitative estimate of drug-likeness (QED) is 0.691. The molecule has 1 saturated heterocycles. The number of carbonyl (C=O) groups excluding carboxylic acids is 2. The number of halogens is 2. The van der Waals surface area contributed by atoms with Gasteiger partial charge in [-0.3, -0.25) is 9.59 Å². The van der Waals surface area contributed by atoms with Crippen LogP contribution in [0.15, 0.2) is 24.4 Å². The van der Waals surface area contributed by atoms with E-state index in [-0.39, 0.29) is 47.4 Å². The van der Waals surface area contributed by atoms with Gasteiger partial charge in [-0.15, -0.1) is 0 Å². The minimum absolute atomic E-state index is 0.00780. The Morgan fingerprint density at radius 2 is 1.97 bits per heavy atom. The van der Waals surface area contributed by atoms with E-state index in [2.05, 4.69) is 10.3 Å². The normalized spacial score (nSPS) is 24.6. The molecular weight excluding hydrogens is 438 g/mol. The molecule has 2 aromatic rings. The van der Waals surface area contributed by atoms with Gasteiger partial charge in [-0.25, -0.2) is 13.8 Å². The molecular formula is C26H30F2N4O2. The lowest BCUT2D eigenvalue weighted by Gasteiger charge is -2.37.